The van der Waals surface area contributed by atoms with Crippen LogP contribution < -0.4 is 0 Å². The molecule has 0 atom stereocenters. The summed E-state index contributed by atoms with van der Waals surface area (Å²) in [5, 5.41) is 0. The molecule has 0 saturated carbocycles. The second kappa shape index (κ2) is 40.0. The fourth-order valence-corrected chi connectivity index (χ4v) is 6.59. The van der Waals surface area contributed by atoms with Gasteiger partial charge in [0.2, 0.25) is 11.6 Å². The van der Waals surface area contributed by atoms with Crippen LogP contribution in [0.2, 0.25) is 0 Å². The molecule has 0 aromatic heterocycles. The van der Waals surface area contributed by atoms with Crippen molar-refractivity contribution in [2.75, 3.05) is 13.2 Å². The van der Waals surface area contributed by atoms with Crippen LogP contribution in [-0.4, -0.2) is 48.3 Å². The molecule has 312 valence electrons. The van der Waals surface area contributed by atoms with E-state index >= 15 is 0 Å². The van der Waals surface area contributed by atoms with Crippen LogP contribution in [0.4, 0.5) is 0 Å². The summed E-state index contributed by atoms with van der Waals surface area (Å²) in [5.41, 5.74) is 0. The van der Waals surface area contributed by atoms with E-state index in [0.717, 1.165) is 50.7 Å². The molecule has 0 aliphatic rings. The second-order valence-corrected chi connectivity index (χ2v) is 15.3. The van der Waals surface area contributed by atoms with Gasteiger partial charge in [-0.15, -0.1) is 0 Å². The number of Topliss-reactive ketones (excluding diaryl/α,β-unsaturated/α-hetero) is 4. The predicted molar refractivity (Wildman–Crippen MR) is 219 cm³/mol. The summed E-state index contributed by atoms with van der Waals surface area (Å²) < 4.78 is 9.84. The van der Waals surface area contributed by atoms with Gasteiger partial charge in [0.15, 0.2) is 11.6 Å². The van der Waals surface area contributed by atoms with Crippen molar-refractivity contribution in [3.05, 3.63) is 12.2 Å². The quantitative estimate of drug-likeness (QED) is 0.0261. The van der Waals surface area contributed by atoms with E-state index in [9.17, 15) is 28.8 Å². The van der Waals surface area contributed by atoms with Crippen LogP contribution in [-0.2, 0) is 38.2 Å². The lowest BCUT2D eigenvalue weighted by molar-refractivity contribution is -0.143. The highest BCUT2D eigenvalue weighted by Gasteiger charge is 2.15. The molecular formula is C46H80O8. The van der Waals surface area contributed by atoms with Crippen LogP contribution in [0.3, 0.4) is 0 Å². The minimum absolute atomic E-state index is 0.197. The lowest BCUT2D eigenvalue weighted by atomic mass is 10.0. The van der Waals surface area contributed by atoms with Gasteiger partial charge in [0, 0.05) is 37.8 Å². The molecule has 0 aromatic carbocycles. The maximum atomic E-state index is 12.1. The molecule has 0 N–H and O–H groups in total. The number of carbonyl (C=O) groups excluding carboxylic acids is 6. The van der Waals surface area contributed by atoms with Crippen molar-refractivity contribution >= 4 is 35.1 Å². The number of hydrogen-bond acceptors (Lipinski definition) is 8. The first kappa shape index (κ1) is 51.4. The third kappa shape index (κ3) is 36.3. The highest BCUT2D eigenvalue weighted by molar-refractivity contribution is 6.37. The van der Waals surface area contributed by atoms with Gasteiger partial charge in [-0.3, -0.25) is 19.2 Å². The van der Waals surface area contributed by atoms with Gasteiger partial charge >= 0.3 is 11.9 Å². The molecule has 0 spiro atoms. The summed E-state index contributed by atoms with van der Waals surface area (Å²) >= 11 is 0. The first-order valence-corrected chi connectivity index (χ1v) is 22.4. The fraction of sp³-hybridized carbons (Fsp3) is 0.826. The normalized spacial score (nSPS) is 11.2. The van der Waals surface area contributed by atoms with E-state index in [1.54, 1.807) is 0 Å². The SMILES string of the molecule is CCCCCCCCCCCCCCCCCC(=O)C(=O)CCOC(=O)/C=C/C(=O)OCCC(=O)C(=O)CCCCCCCCCCCCCCCCC. The number of esters is 2. The lowest BCUT2D eigenvalue weighted by Crippen LogP contribution is -2.17. The standard InChI is InChI=1S/C46H80O8/c1-3-5-7-9-11-13-15-17-19-21-23-25-27-29-31-33-41(47)43(49)37-39-53-45(51)35-36-46(52)54-40-38-44(50)42(48)34-32-30-28-26-24-22-20-18-16-14-12-10-8-6-4-2/h35-36H,3-34,37-40H2,1-2H3/b36-35+. The number of carbonyl (C=O) groups is 6. The Morgan fingerprint density at radius 1 is 0.296 bits per heavy atom. The van der Waals surface area contributed by atoms with Crippen molar-refractivity contribution in [3.63, 3.8) is 0 Å². The van der Waals surface area contributed by atoms with E-state index in [0.29, 0.717) is 12.8 Å². The molecule has 0 heterocycles. The molecular weight excluding hydrogens is 680 g/mol. The number of ether oxygens (including phenoxy) is 2. The zero-order valence-electron chi connectivity index (χ0n) is 34.9. The van der Waals surface area contributed by atoms with Crippen molar-refractivity contribution in [1.29, 1.82) is 0 Å². The molecule has 0 aliphatic heterocycles. The maximum Gasteiger partial charge on any atom is 0.331 e. The van der Waals surface area contributed by atoms with Crippen LogP contribution >= 0.6 is 0 Å². The Balaban J connectivity index is 3.70. The van der Waals surface area contributed by atoms with Gasteiger partial charge in [0.1, 0.15) is 0 Å². The molecule has 0 bridgehead atoms. The highest BCUT2D eigenvalue weighted by atomic mass is 16.5. The number of unbranched alkanes of at least 4 members (excludes halogenated alkanes) is 28. The first-order chi connectivity index (χ1) is 26.3. The average Bonchev–Trinajstić information content (AvgIpc) is 3.16. The van der Waals surface area contributed by atoms with E-state index in [2.05, 4.69) is 13.8 Å². The fourth-order valence-electron chi connectivity index (χ4n) is 6.59. The molecule has 0 amide bonds. The second-order valence-electron chi connectivity index (χ2n) is 15.3. The lowest BCUT2D eigenvalue weighted by Gasteiger charge is -2.04. The van der Waals surface area contributed by atoms with Gasteiger partial charge in [0.05, 0.1) is 13.2 Å². The van der Waals surface area contributed by atoms with E-state index in [-0.39, 0.29) is 38.9 Å². The van der Waals surface area contributed by atoms with Gasteiger partial charge in [-0.2, -0.15) is 0 Å². The summed E-state index contributed by atoms with van der Waals surface area (Å²) in [7, 11) is 0. The summed E-state index contributed by atoms with van der Waals surface area (Å²) in [4.78, 5) is 72.1. The summed E-state index contributed by atoms with van der Waals surface area (Å²) in [6.07, 6.45) is 38.7. The maximum absolute atomic E-state index is 12.1. The Hall–Kier alpha value is -2.64. The topological polar surface area (TPSA) is 121 Å². The van der Waals surface area contributed by atoms with Gasteiger partial charge in [-0.1, -0.05) is 194 Å². The van der Waals surface area contributed by atoms with E-state index in [1.165, 1.54) is 141 Å². The number of hydrogen-bond donors (Lipinski definition) is 0. The number of rotatable bonds is 42. The Morgan fingerprint density at radius 3 is 0.741 bits per heavy atom. The van der Waals surface area contributed by atoms with Crippen molar-refractivity contribution in [2.45, 2.75) is 232 Å². The van der Waals surface area contributed by atoms with E-state index < -0.39 is 35.1 Å². The van der Waals surface area contributed by atoms with Gasteiger partial charge in [-0.25, -0.2) is 9.59 Å². The largest absolute Gasteiger partial charge is 0.462 e. The third-order valence-electron chi connectivity index (χ3n) is 10.1. The molecule has 0 aliphatic carbocycles. The zero-order chi connectivity index (χ0) is 39.7. The van der Waals surface area contributed by atoms with Crippen LogP contribution in [0, 0.1) is 0 Å². The predicted octanol–water partition coefficient (Wildman–Crippen LogP) is 12.2. The highest BCUT2D eigenvalue weighted by Crippen LogP contribution is 2.15. The van der Waals surface area contributed by atoms with Crippen LogP contribution in [0.1, 0.15) is 232 Å². The Kier molecular flexibility index (Phi) is 38.1. The van der Waals surface area contributed by atoms with Gasteiger partial charge in [-0.05, 0) is 12.8 Å². The van der Waals surface area contributed by atoms with Crippen molar-refractivity contribution < 1.29 is 38.2 Å². The summed E-state index contributed by atoms with van der Waals surface area (Å²) in [6, 6.07) is 0. The molecule has 0 aromatic rings. The molecule has 0 unspecified atom stereocenters. The van der Waals surface area contributed by atoms with Gasteiger partial charge < -0.3 is 9.47 Å². The molecule has 8 nitrogen and oxygen atoms in total. The molecule has 0 rings (SSSR count). The average molecular weight is 761 g/mol. The van der Waals surface area contributed by atoms with Gasteiger partial charge in [0.25, 0.3) is 0 Å². The Bertz CT molecular complexity index is 923. The molecule has 8 heteroatoms. The van der Waals surface area contributed by atoms with Crippen LogP contribution in [0.5, 0.6) is 0 Å². The third-order valence-corrected chi connectivity index (χ3v) is 10.1. The number of ketones is 4. The van der Waals surface area contributed by atoms with Crippen LogP contribution in [0.25, 0.3) is 0 Å². The van der Waals surface area contributed by atoms with Crippen molar-refractivity contribution in [1.82, 2.24) is 0 Å². The molecule has 0 radical (unpaired) electrons. The zero-order valence-corrected chi connectivity index (χ0v) is 34.9. The minimum Gasteiger partial charge on any atom is -0.462 e. The Morgan fingerprint density at radius 2 is 0.500 bits per heavy atom. The minimum atomic E-state index is -0.843. The van der Waals surface area contributed by atoms with Crippen LogP contribution in [0.15, 0.2) is 12.2 Å². The summed E-state index contributed by atoms with van der Waals surface area (Å²) in [5.74, 6) is -3.69. The molecule has 0 saturated heterocycles. The smallest absolute Gasteiger partial charge is 0.331 e. The monoisotopic (exact) mass is 761 g/mol. The Labute approximate surface area is 330 Å². The van der Waals surface area contributed by atoms with E-state index in [1.807, 2.05) is 0 Å². The summed E-state index contributed by atoms with van der Waals surface area (Å²) in [6.45, 7) is 3.99. The molecule has 0 fully saturated rings. The van der Waals surface area contributed by atoms with Crippen molar-refractivity contribution in [2.24, 2.45) is 0 Å². The van der Waals surface area contributed by atoms with Crippen molar-refractivity contribution in [3.8, 4) is 0 Å². The van der Waals surface area contributed by atoms with E-state index in [4.69, 9.17) is 9.47 Å². The molecule has 54 heavy (non-hydrogen) atoms. The first-order valence-electron chi connectivity index (χ1n) is 22.4.